The average molecular weight is 411 g/mol. The van der Waals surface area contributed by atoms with Crippen LogP contribution in [0.3, 0.4) is 0 Å². The van der Waals surface area contributed by atoms with Crippen molar-refractivity contribution in [3.63, 3.8) is 0 Å². The number of ether oxygens (including phenoxy) is 1. The van der Waals surface area contributed by atoms with Crippen molar-refractivity contribution in [2.75, 3.05) is 13.7 Å². The molecule has 30 heavy (non-hydrogen) atoms. The zero-order chi connectivity index (χ0) is 21.9. The van der Waals surface area contributed by atoms with Crippen LogP contribution in [0.15, 0.2) is 48.5 Å². The van der Waals surface area contributed by atoms with Gasteiger partial charge in [0.25, 0.3) is 0 Å². The largest absolute Gasteiger partial charge is 0.497 e. The zero-order valence-electron chi connectivity index (χ0n) is 18.6. The maximum atomic E-state index is 13.2. The molecule has 0 aliphatic heterocycles. The number of rotatable bonds is 11. The number of benzene rings is 2. The molecule has 0 saturated heterocycles. The van der Waals surface area contributed by atoms with Crippen LogP contribution < -0.4 is 10.1 Å². The van der Waals surface area contributed by atoms with E-state index >= 15 is 0 Å². The van der Waals surface area contributed by atoms with Crippen LogP contribution in [0, 0.1) is 0 Å². The lowest BCUT2D eigenvalue weighted by molar-refractivity contribution is -0.141. The van der Waals surface area contributed by atoms with Gasteiger partial charge in [-0.3, -0.25) is 9.59 Å². The number of methoxy groups -OCH3 is 1. The van der Waals surface area contributed by atoms with Gasteiger partial charge < -0.3 is 15.0 Å². The summed E-state index contributed by atoms with van der Waals surface area (Å²) in [5.74, 6) is 0.612. The Morgan fingerprint density at radius 1 is 1.00 bits per heavy atom. The van der Waals surface area contributed by atoms with Crippen LogP contribution in [0.25, 0.3) is 0 Å². The standard InChI is InChI=1S/C25H34N2O3/c1-5-19-11-13-20(14-12-19)15-16-24(28)27(23(6-2)25(29)26-7-3)18-21-9-8-10-22(17-21)30-4/h8-14,17,23H,5-7,15-16,18H2,1-4H3,(H,26,29)/t23-/m1/s1. The first-order chi connectivity index (χ1) is 14.5. The Morgan fingerprint density at radius 3 is 2.30 bits per heavy atom. The molecule has 162 valence electrons. The number of carbonyl (C=O) groups is 2. The van der Waals surface area contributed by atoms with Gasteiger partial charge in [-0.2, -0.15) is 0 Å². The number of nitrogens with one attached hydrogen (secondary N) is 1. The van der Waals surface area contributed by atoms with E-state index in [1.54, 1.807) is 12.0 Å². The predicted octanol–water partition coefficient (Wildman–Crippen LogP) is 4.13. The minimum Gasteiger partial charge on any atom is -0.497 e. The van der Waals surface area contributed by atoms with Crippen LogP contribution in [-0.2, 0) is 29.0 Å². The minimum atomic E-state index is -0.494. The van der Waals surface area contributed by atoms with E-state index in [4.69, 9.17) is 4.74 Å². The second kappa shape index (κ2) is 12.0. The maximum Gasteiger partial charge on any atom is 0.242 e. The summed E-state index contributed by atoms with van der Waals surface area (Å²) in [5.41, 5.74) is 3.36. The molecule has 0 saturated carbocycles. The van der Waals surface area contributed by atoms with Crippen LogP contribution >= 0.6 is 0 Å². The van der Waals surface area contributed by atoms with Crippen LogP contribution in [-0.4, -0.2) is 36.4 Å². The highest BCUT2D eigenvalue weighted by Crippen LogP contribution is 2.19. The van der Waals surface area contributed by atoms with Crippen molar-refractivity contribution in [1.29, 1.82) is 0 Å². The Morgan fingerprint density at radius 2 is 1.70 bits per heavy atom. The molecule has 5 heteroatoms. The van der Waals surface area contributed by atoms with Gasteiger partial charge in [0.15, 0.2) is 0 Å². The van der Waals surface area contributed by atoms with Crippen LogP contribution in [0.4, 0.5) is 0 Å². The minimum absolute atomic E-state index is 0.0181. The number of hydrogen-bond acceptors (Lipinski definition) is 3. The van der Waals surface area contributed by atoms with E-state index in [9.17, 15) is 9.59 Å². The van der Waals surface area contributed by atoms with Crippen LogP contribution in [0.2, 0.25) is 0 Å². The normalized spacial score (nSPS) is 11.6. The predicted molar refractivity (Wildman–Crippen MR) is 120 cm³/mol. The maximum absolute atomic E-state index is 13.2. The van der Waals surface area contributed by atoms with E-state index in [1.807, 2.05) is 38.1 Å². The van der Waals surface area contributed by atoms with Crippen LogP contribution in [0.1, 0.15) is 50.3 Å². The Hall–Kier alpha value is -2.82. The van der Waals surface area contributed by atoms with Crippen molar-refractivity contribution in [3.05, 3.63) is 65.2 Å². The summed E-state index contributed by atoms with van der Waals surface area (Å²) >= 11 is 0. The van der Waals surface area contributed by atoms with E-state index in [2.05, 4.69) is 36.5 Å². The molecule has 2 rings (SSSR count). The SMILES string of the molecule is CCNC(=O)[C@@H](CC)N(Cc1cccc(OC)c1)C(=O)CCc1ccc(CC)cc1. The summed E-state index contributed by atoms with van der Waals surface area (Å²) in [6.07, 6.45) is 2.58. The van der Waals surface area contributed by atoms with E-state index < -0.39 is 6.04 Å². The summed E-state index contributed by atoms with van der Waals surface area (Å²) < 4.78 is 5.31. The summed E-state index contributed by atoms with van der Waals surface area (Å²) in [7, 11) is 1.62. The number of nitrogens with zero attached hydrogens (tertiary/aromatic N) is 1. The highest BCUT2D eigenvalue weighted by atomic mass is 16.5. The van der Waals surface area contributed by atoms with Gasteiger partial charge in [-0.1, -0.05) is 50.2 Å². The third-order valence-electron chi connectivity index (χ3n) is 5.28. The van der Waals surface area contributed by atoms with Crippen molar-refractivity contribution in [2.45, 2.75) is 59.0 Å². The molecule has 0 bridgehead atoms. The molecular formula is C25H34N2O3. The summed E-state index contributed by atoms with van der Waals surface area (Å²) in [6.45, 7) is 6.87. The second-order valence-electron chi connectivity index (χ2n) is 7.36. The lowest BCUT2D eigenvalue weighted by atomic mass is 10.0. The fourth-order valence-corrected chi connectivity index (χ4v) is 3.52. The topological polar surface area (TPSA) is 58.6 Å². The monoisotopic (exact) mass is 410 g/mol. The molecule has 2 aromatic rings. The molecule has 0 heterocycles. The van der Waals surface area contributed by atoms with Crippen molar-refractivity contribution in [2.24, 2.45) is 0 Å². The molecule has 2 amide bonds. The highest BCUT2D eigenvalue weighted by Gasteiger charge is 2.28. The highest BCUT2D eigenvalue weighted by molar-refractivity contribution is 5.87. The van der Waals surface area contributed by atoms with Gasteiger partial charge in [0.2, 0.25) is 11.8 Å². The van der Waals surface area contributed by atoms with Crippen LogP contribution in [0.5, 0.6) is 5.75 Å². The number of amides is 2. The molecule has 0 unspecified atom stereocenters. The molecule has 1 atom stereocenters. The molecule has 0 radical (unpaired) electrons. The molecule has 0 fully saturated rings. The smallest absolute Gasteiger partial charge is 0.242 e. The number of hydrogen-bond donors (Lipinski definition) is 1. The van der Waals surface area contributed by atoms with E-state index in [1.165, 1.54) is 5.56 Å². The zero-order valence-corrected chi connectivity index (χ0v) is 18.6. The van der Waals surface area contributed by atoms with Crippen molar-refractivity contribution in [1.82, 2.24) is 10.2 Å². The fourth-order valence-electron chi connectivity index (χ4n) is 3.52. The number of likely N-dealkylation sites (N-methyl/N-ethyl adjacent to an activating group) is 1. The Balaban J connectivity index is 2.18. The van der Waals surface area contributed by atoms with Gasteiger partial charge in [-0.05, 0) is 55.0 Å². The van der Waals surface area contributed by atoms with Crippen molar-refractivity contribution >= 4 is 11.8 Å². The average Bonchev–Trinajstić information content (AvgIpc) is 2.78. The van der Waals surface area contributed by atoms with E-state index in [0.717, 1.165) is 23.3 Å². The molecular weight excluding hydrogens is 376 g/mol. The first kappa shape index (κ1) is 23.5. The lowest BCUT2D eigenvalue weighted by Crippen LogP contribution is -2.49. The van der Waals surface area contributed by atoms with Gasteiger partial charge in [0.1, 0.15) is 11.8 Å². The lowest BCUT2D eigenvalue weighted by Gasteiger charge is -2.30. The molecule has 0 aliphatic carbocycles. The number of aryl methyl sites for hydroxylation is 2. The molecule has 5 nitrogen and oxygen atoms in total. The van der Waals surface area contributed by atoms with E-state index in [0.29, 0.717) is 32.4 Å². The first-order valence-corrected chi connectivity index (χ1v) is 10.8. The molecule has 0 aliphatic rings. The Bertz CT molecular complexity index is 817. The molecule has 1 N–H and O–H groups in total. The van der Waals surface area contributed by atoms with Gasteiger partial charge in [-0.15, -0.1) is 0 Å². The summed E-state index contributed by atoms with van der Waals surface area (Å²) in [6, 6.07) is 15.5. The van der Waals surface area contributed by atoms with Gasteiger partial charge in [0.05, 0.1) is 7.11 Å². The summed E-state index contributed by atoms with van der Waals surface area (Å²) in [4.78, 5) is 27.6. The van der Waals surface area contributed by atoms with Gasteiger partial charge >= 0.3 is 0 Å². The molecule has 2 aromatic carbocycles. The Kier molecular flexibility index (Phi) is 9.39. The second-order valence-corrected chi connectivity index (χ2v) is 7.36. The quantitative estimate of drug-likeness (QED) is 0.606. The van der Waals surface area contributed by atoms with Crippen molar-refractivity contribution < 1.29 is 14.3 Å². The van der Waals surface area contributed by atoms with Gasteiger partial charge in [-0.25, -0.2) is 0 Å². The third-order valence-corrected chi connectivity index (χ3v) is 5.28. The molecule has 0 aromatic heterocycles. The number of carbonyl (C=O) groups excluding carboxylic acids is 2. The molecule has 0 spiro atoms. The first-order valence-electron chi connectivity index (χ1n) is 10.8. The summed E-state index contributed by atoms with van der Waals surface area (Å²) in [5, 5.41) is 2.87. The fraction of sp³-hybridized carbons (Fsp3) is 0.440. The third kappa shape index (κ3) is 6.61. The van der Waals surface area contributed by atoms with Crippen molar-refractivity contribution in [3.8, 4) is 5.75 Å². The van der Waals surface area contributed by atoms with E-state index in [-0.39, 0.29) is 11.8 Å². The van der Waals surface area contributed by atoms with Gasteiger partial charge in [0, 0.05) is 19.5 Å². The Labute approximate surface area is 180 Å².